The van der Waals surface area contributed by atoms with E-state index in [1.54, 1.807) is 0 Å². The monoisotopic (exact) mass is 210 g/mol. The van der Waals surface area contributed by atoms with E-state index in [2.05, 4.69) is 55.4 Å². The van der Waals surface area contributed by atoms with Crippen molar-refractivity contribution >= 4 is 9.90 Å². The first kappa shape index (κ1) is 29.2. The van der Waals surface area contributed by atoms with E-state index in [-0.39, 0.29) is 24.8 Å². The topological polar surface area (TPSA) is 0 Å². The lowest BCUT2D eigenvalue weighted by molar-refractivity contribution is 0.469. The summed E-state index contributed by atoms with van der Waals surface area (Å²) < 4.78 is 0. The fourth-order valence-electron chi connectivity index (χ4n) is 0. The molecule has 1 heteroatoms. The Hall–Kier alpha value is 0.430. The minimum atomic E-state index is 0. The molecule has 1 unspecified atom stereocenters. The molecular weight excluding hydrogens is 175 g/mol. The van der Waals surface area contributed by atoms with E-state index >= 15 is 0 Å². The molecule has 0 bridgehead atoms. The normalized spacial score (nSPS) is 9.23. The van der Waals surface area contributed by atoms with Crippen LogP contribution in [0.25, 0.3) is 0 Å². The fourth-order valence-corrected chi connectivity index (χ4v) is 0. The highest BCUT2D eigenvalue weighted by atomic mass is 31.0. The van der Waals surface area contributed by atoms with Gasteiger partial charge in [0.2, 0.25) is 0 Å². The highest BCUT2D eigenvalue weighted by molar-refractivity contribution is 6.92. The molecule has 0 aliphatic carbocycles. The zero-order chi connectivity index (χ0) is 9.00. The first-order valence-corrected chi connectivity index (χ1v) is 4.00. The Labute approximate surface area is 91.5 Å². The maximum atomic E-state index is 2.19. The molecule has 0 aliphatic rings. The summed E-state index contributed by atoms with van der Waals surface area (Å²) >= 11 is 0. The molecule has 0 saturated heterocycles. The van der Waals surface area contributed by atoms with E-state index in [0.29, 0.717) is 10.8 Å². The first-order chi connectivity index (χ1) is 4.00. The Morgan fingerprint density at radius 1 is 0.462 bits per heavy atom. The van der Waals surface area contributed by atoms with Gasteiger partial charge in [-0.3, -0.25) is 0 Å². The average molecular weight is 210 g/mol. The predicted molar refractivity (Wildman–Crippen MR) is 74.8 cm³/mol. The molecule has 0 nitrogen and oxygen atoms in total. The Balaban J connectivity index is -0.0000000267. The molecular formula is C12H35P. The molecule has 0 rings (SSSR count). The maximum Gasteiger partial charge on any atom is -0.0411 e. The van der Waals surface area contributed by atoms with Crippen molar-refractivity contribution in [1.29, 1.82) is 0 Å². The quantitative estimate of drug-likeness (QED) is 0.467. The Morgan fingerprint density at radius 3 is 0.462 bits per heavy atom. The van der Waals surface area contributed by atoms with Crippen LogP contribution in [0.15, 0.2) is 0 Å². The highest BCUT2D eigenvalue weighted by Gasteiger charge is 1.96. The molecule has 0 aromatic rings. The first-order valence-electron chi connectivity index (χ1n) is 4.00. The van der Waals surface area contributed by atoms with E-state index in [1.807, 2.05) is 0 Å². The van der Waals surface area contributed by atoms with Gasteiger partial charge in [-0.15, -0.1) is 0 Å². The standard InChI is InChI=1S/2C5H12.2CH4.H3P/c2*1-5(2,3)4;;;/h2*1-4H3;2*1H4;1H3. The van der Waals surface area contributed by atoms with Crippen LogP contribution in [0.4, 0.5) is 0 Å². The van der Waals surface area contributed by atoms with Crippen molar-refractivity contribution in [1.82, 2.24) is 0 Å². The van der Waals surface area contributed by atoms with E-state index in [0.717, 1.165) is 0 Å². The van der Waals surface area contributed by atoms with Gasteiger partial charge in [-0.1, -0.05) is 70.2 Å². The van der Waals surface area contributed by atoms with E-state index in [9.17, 15) is 0 Å². The summed E-state index contributed by atoms with van der Waals surface area (Å²) in [5.74, 6) is 0. The molecule has 0 heterocycles. The average Bonchev–Trinajstić information content (AvgIpc) is 1.12. The summed E-state index contributed by atoms with van der Waals surface area (Å²) in [6.45, 7) is 17.5. The molecule has 0 fully saturated rings. The molecule has 0 N–H and O–H groups in total. The zero-order valence-electron chi connectivity index (χ0n) is 9.71. The van der Waals surface area contributed by atoms with Gasteiger partial charge in [-0.25, -0.2) is 0 Å². The van der Waals surface area contributed by atoms with Crippen LogP contribution in [0.1, 0.15) is 70.2 Å². The molecule has 0 saturated carbocycles. The molecule has 0 amide bonds. The van der Waals surface area contributed by atoms with Gasteiger partial charge in [0.25, 0.3) is 0 Å². The SMILES string of the molecule is C.C.CC(C)(C)C.CC(C)(C)C.P. The molecule has 0 aromatic carbocycles. The van der Waals surface area contributed by atoms with Crippen LogP contribution < -0.4 is 0 Å². The third kappa shape index (κ3) is 7310. The number of hydrogen-bond acceptors (Lipinski definition) is 0. The van der Waals surface area contributed by atoms with Crippen LogP contribution >= 0.6 is 9.90 Å². The fraction of sp³-hybridized carbons (Fsp3) is 1.00. The second-order valence-electron chi connectivity index (χ2n) is 6.00. The van der Waals surface area contributed by atoms with E-state index in [4.69, 9.17) is 0 Å². The van der Waals surface area contributed by atoms with Crippen LogP contribution in [0, 0.1) is 10.8 Å². The lowest BCUT2D eigenvalue weighted by Gasteiger charge is -2.05. The van der Waals surface area contributed by atoms with Crippen molar-refractivity contribution in [3.63, 3.8) is 0 Å². The van der Waals surface area contributed by atoms with Crippen LogP contribution in [-0.4, -0.2) is 0 Å². The van der Waals surface area contributed by atoms with Gasteiger partial charge in [-0.2, -0.15) is 9.90 Å². The summed E-state index contributed by atoms with van der Waals surface area (Å²) in [4.78, 5) is 0. The predicted octanol–water partition coefficient (Wildman–Crippen LogP) is 5.44. The minimum absolute atomic E-state index is 0. The van der Waals surface area contributed by atoms with Crippen LogP contribution in [0.5, 0.6) is 0 Å². The van der Waals surface area contributed by atoms with Gasteiger partial charge >= 0.3 is 0 Å². The Kier molecular flexibility index (Phi) is 23.6. The third-order valence-electron chi connectivity index (χ3n) is 0. The summed E-state index contributed by atoms with van der Waals surface area (Å²) in [7, 11) is 0. The van der Waals surface area contributed by atoms with Crippen molar-refractivity contribution < 1.29 is 0 Å². The summed E-state index contributed by atoms with van der Waals surface area (Å²) in [5, 5.41) is 0. The number of hydrogen-bond donors (Lipinski definition) is 0. The second kappa shape index (κ2) is 10.5. The van der Waals surface area contributed by atoms with Gasteiger partial charge < -0.3 is 0 Å². The van der Waals surface area contributed by atoms with Crippen molar-refractivity contribution in [3.05, 3.63) is 0 Å². The van der Waals surface area contributed by atoms with Crippen molar-refractivity contribution in [2.24, 2.45) is 10.8 Å². The van der Waals surface area contributed by atoms with Gasteiger partial charge in [0, 0.05) is 0 Å². The Morgan fingerprint density at radius 2 is 0.462 bits per heavy atom. The minimum Gasteiger partial charge on any atom is -0.153 e. The smallest absolute Gasteiger partial charge is 0.0411 e. The Bertz CT molecular complexity index is 48.1. The van der Waals surface area contributed by atoms with Gasteiger partial charge in [0.1, 0.15) is 0 Å². The highest BCUT2D eigenvalue weighted by Crippen LogP contribution is 2.08. The largest absolute Gasteiger partial charge is 0.153 e. The third-order valence-corrected chi connectivity index (χ3v) is 0. The summed E-state index contributed by atoms with van der Waals surface area (Å²) in [5.41, 5.74) is 1.00. The van der Waals surface area contributed by atoms with E-state index < -0.39 is 0 Å². The summed E-state index contributed by atoms with van der Waals surface area (Å²) in [6.07, 6.45) is 0. The molecule has 0 spiro atoms. The van der Waals surface area contributed by atoms with Crippen molar-refractivity contribution in [3.8, 4) is 0 Å². The molecule has 1 atom stereocenters. The van der Waals surface area contributed by atoms with Gasteiger partial charge in [0.05, 0.1) is 0 Å². The molecule has 13 heavy (non-hydrogen) atoms. The molecule has 0 aliphatic heterocycles. The number of rotatable bonds is 0. The van der Waals surface area contributed by atoms with Crippen LogP contribution in [-0.2, 0) is 0 Å². The zero-order valence-corrected chi connectivity index (χ0v) is 11.1. The maximum absolute atomic E-state index is 2.19. The van der Waals surface area contributed by atoms with Gasteiger partial charge in [0.15, 0.2) is 0 Å². The van der Waals surface area contributed by atoms with E-state index in [1.165, 1.54) is 0 Å². The molecule has 0 radical (unpaired) electrons. The summed E-state index contributed by atoms with van der Waals surface area (Å²) in [6, 6.07) is 0. The lowest BCUT2D eigenvalue weighted by atomic mass is 10.0. The van der Waals surface area contributed by atoms with Crippen molar-refractivity contribution in [2.75, 3.05) is 0 Å². The van der Waals surface area contributed by atoms with Crippen LogP contribution in [0.2, 0.25) is 0 Å². The molecule has 0 aromatic heterocycles. The van der Waals surface area contributed by atoms with Crippen molar-refractivity contribution in [2.45, 2.75) is 70.2 Å². The molecule has 88 valence electrons. The van der Waals surface area contributed by atoms with Crippen LogP contribution in [0.3, 0.4) is 0 Å². The second-order valence-corrected chi connectivity index (χ2v) is 6.00. The van der Waals surface area contributed by atoms with Gasteiger partial charge in [-0.05, 0) is 10.8 Å². The lowest BCUT2D eigenvalue weighted by Crippen LogP contribution is -1.93.